The van der Waals surface area contributed by atoms with Gasteiger partial charge in [0.05, 0.1) is 62.9 Å². The van der Waals surface area contributed by atoms with Gasteiger partial charge in [-0.05, 0) is 51.6 Å². The molecule has 0 radical (unpaired) electrons. The topological polar surface area (TPSA) is 334 Å². The van der Waals surface area contributed by atoms with Crippen LogP contribution in [0.2, 0.25) is 0 Å². The number of terminal acetylenes is 1. The summed E-state index contributed by atoms with van der Waals surface area (Å²) in [6, 6.07) is -1.89. The fraction of sp³-hybridized carbons (Fsp3) is 0.700. The molecule has 11 N–H and O–H groups in total. The first kappa shape index (κ1) is 50.4. The molecule has 3 aromatic heterocycles. The van der Waals surface area contributed by atoms with Gasteiger partial charge in [0, 0.05) is 71.9 Å². The van der Waals surface area contributed by atoms with Crippen LogP contribution < -0.4 is 43.8 Å². The molecule has 3 aromatic rings. The van der Waals surface area contributed by atoms with Crippen molar-refractivity contribution in [2.45, 2.75) is 69.6 Å². The van der Waals surface area contributed by atoms with Crippen molar-refractivity contribution in [3.05, 3.63) is 23.8 Å². The van der Waals surface area contributed by atoms with Gasteiger partial charge >= 0.3 is 0 Å². The molecule has 65 heavy (non-hydrogen) atoms. The Balaban J connectivity index is 1.25. The van der Waals surface area contributed by atoms with Crippen LogP contribution in [0.25, 0.3) is 0 Å². The zero-order valence-electron chi connectivity index (χ0n) is 37.3. The average Bonchev–Trinajstić information content (AvgIpc) is 4.02. The van der Waals surface area contributed by atoms with Gasteiger partial charge in [-0.3, -0.25) is 14.4 Å². The molecular weight excluding hydrogens is 843 g/mol. The van der Waals surface area contributed by atoms with Crippen molar-refractivity contribution in [2.75, 3.05) is 127 Å². The molecule has 3 atom stereocenters. The molecule has 358 valence electrons. The molecule has 5 rings (SSSR count). The second kappa shape index (κ2) is 27.0. The second-order valence-corrected chi connectivity index (χ2v) is 15.7. The minimum Gasteiger partial charge on any atom is -0.377 e. The number of anilines is 3. The molecule has 3 amide bonds. The number of carbonyl (C=O) groups is 3. The molecule has 0 aromatic carbocycles. The van der Waals surface area contributed by atoms with Crippen LogP contribution in [0.5, 0.6) is 0 Å². The number of aromatic nitrogens is 9. The summed E-state index contributed by atoms with van der Waals surface area (Å²) in [5.41, 5.74) is 29.8. The molecule has 25 nitrogen and oxygen atoms in total. The first-order chi connectivity index (χ1) is 31.6. The molecule has 5 heterocycles. The van der Waals surface area contributed by atoms with Crippen LogP contribution in [0.4, 0.5) is 17.8 Å². The van der Waals surface area contributed by atoms with E-state index in [0.717, 1.165) is 19.3 Å². The number of nitrogens with zero attached hydrogens (tertiary/aromatic N) is 13. The lowest BCUT2D eigenvalue weighted by Crippen LogP contribution is -2.52. The quantitative estimate of drug-likeness (QED) is 0.0310. The number of primary amides is 1. The minimum atomic E-state index is -0.733. The summed E-state index contributed by atoms with van der Waals surface area (Å²) >= 11 is 0. The SMILES string of the molecule is C#CCOCCOCCOCCNc1nc(N2CCN(C(=O)[C@H](CCCCN)n3cc(CN)nn3)CC2)nc(N2CCN(C(=O)[C@H](CCCCN)n3cc([C@@H](N)CC(N)=O)nn3)CC2)n1. The van der Waals surface area contributed by atoms with Gasteiger partial charge in [-0.2, -0.15) is 15.0 Å². The van der Waals surface area contributed by atoms with E-state index >= 15 is 0 Å². The number of nitrogens with two attached hydrogens (primary N) is 5. The third-order valence-electron chi connectivity index (χ3n) is 11.0. The van der Waals surface area contributed by atoms with E-state index in [-0.39, 0.29) is 31.4 Å². The van der Waals surface area contributed by atoms with E-state index in [2.05, 4.69) is 31.9 Å². The largest absolute Gasteiger partial charge is 0.377 e. The number of carbonyl (C=O) groups excluding carboxylic acids is 3. The van der Waals surface area contributed by atoms with Crippen LogP contribution in [0, 0.1) is 12.3 Å². The number of ether oxygens (including phenoxy) is 3. The number of piperazine rings is 2. The highest BCUT2D eigenvalue weighted by Gasteiger charge is 2.33. The Morgan fingerprint density at radius 2 is 1.23 bits per heavy atom. The maximum Gasteiger partial charge on any atom is 0.247 e. The molecule has 2 fully saturated rings. The Morgan fingerprint density at radius 3 is 1.74 bits per heavy atom. The number of rotatable bonds is 29. The number of hydrogen-bond donors (Lipinski definition) is 6. The first-order valence-corrected chi connectivity index (χ1v) is 22.4. The highest BCUT2D eigenvalue weighted by molar-refractivity contribution is 5.81. The van der Waals surface area contributed by atoms with Gasteiger partial charge in [0.25, 0.3) is 0 Å². The lowest BCUT2D eigenvalue weighted by Gasteiger charge is -2.38. The Kier molecular flexibility index (Phi) is 20.9. The molecule has 25 heteroatoms. The van der Waals surface area contributed by atoms with Crippen molar-refractivity contribution in [2.24, 2.45) is 28.7 Å². The Bertz CT molecular complexity index is 1940. The van der Waals surface area contributed by atoms with Crippen molar-refractivity contribution in [1.29, 1.82) is 0 Å². The standard InChI is InChI=1S/C40H67N19O6/c1-2-20-63-22-24-65-25-23-64-21-11-46-38-47-39(56-16-12-54(13-17-56)36(61)33(7-3-5-9-41)58-28-30(27-43)50-52-58)49-40(48-38)57-18-14-55(15-19-57)37(62)34(8-4-6-10-42)59-29-32(51-53-59)31(44)26-35(45)60/h1,28-29,31,33-34H,3-27,41-44H2,(H2,45,60)(H,46,47,48,49)/t31-,33-,34-/m0/s1. The minimum absolute atomic E-state index is 0.0404. The second-order valence-electron chi connectivity index (χ2n) is 15.7. The lowest BCUT2D eigenvalue weighted by atomic mass is 10.1. The van der Waals surface area contributed by atoms with Crippen LogP contribution in [0.3, 0.4) is 0 Å². The third-order valence-corrected chi connectivity index (χ3v) is 11.0. The molecule has 0 spiro atoms. The molecule has 2 aliphatic rings. The van der Waals surface area contributed by atoms with Crippen molar-refractivity contribution in [1.82, 2.24) is 54.7 Å². The summed E-state index contributed by atoms with van der Waals surface area (Å²) in [6.45, 7) is 7.49. The van der Waals surface area contributed by atoms with E-state index in [1.54, 1.807) is 22.0 Å². The summed E-state index contributed by atoms with van der Waals surface area (Å²) in [5, 5.41) is 20.0. The first-order valence-electron chi connectivity index (χ1n) is 22.4. The third kappa shape index (κ3) is 15.5. The van der Waals surface area contributed by atoms with Crippen molar-refractivity contribution < 1.29 is 28.6 Å². The normalized spacial score (nSPS) is 15.7. The Labute approximate surface area is 379 Å². The number of hydrogen-bond acceptors (Lipinski definition) is 20. The lowest BCUT2D eigenvalue weighted by molar-refractivity contribution is -0.136. The van der Waals surface area contributed by atoms with Gasteiger partial charge in [-0.15, -0.1) is 16.6 Å². The van der Waals surface area contributed by atoms with Crippen LogP contribution in [-0.2, 0) is 35.1 Å². The molecule has 0 saturated carbocycles. The average molecular weight is 910 g/mol. The van der Waals surface area contributed by atoms with Gasteiger partial charge in [-0.25, -0.2) is 9.36 Å². The van der Waals surface area contributed by atoms with Crippen LogP contribution in [0.1, 0.15) is 74.5 Å². The predicted molar refractivity (Wildman–Crippen MR) is 240 cm³/mol. The molecule has 0 bridgehead atoms. The molecule has 0 unspecified atom stereocenters. The summed E-state index contributed by atoms with van der Waals surface area (Å²) in [4.78, 5) is 61.8. The van der Waals surface area contributed by atoms with Gasteiger partial charge in [0.2, 0.25) is 35.6 Å². The zero-order valence-corrected chi connectivity index (χ0v) is 37.3. The fourth-order valence-electron chi connectivity index (χ4n) is 7.39. The predicted octanol–water partition coefficient (Wildman–Crippen LogP) is -2.48. The van der Waals surface area contributed by atoms with E-state index in [4.69, 9.17) is 64.3 Å². The smallest absolute Gasteiger partial charge is 0.247 e. The fourth-order valence-corrected chi connectivity index (χ4v) is 7.39. The summed E-state index contributed by atoms with van der Waals surface area (Å²) < 4.78 is 19.6. The van der Waals surface area contributed by atoms with E-state index < -0.39 is 24.0 Å². The molecule has 0 aliphatic carbocycles. The number of nitrogens with one attached hydrogen (secondary N) is 1. The van der Waals surface area contributed by atoms with Gasteiger partial charge in [-0.1, -0.05) is 16.3 Å². The van der Waals surface area contributed by atoms with E-state index in [1.807, 2.05) is 14.7 Å². The van der Waals surface area contributed by atoms with Crippen LogP contribution in [-0.4, -0.2) is 184 Å². The highest BCUT2D eigenvalue weighted by atomic mass is 16.5. The maximum absolute atomic E-state index is 14.1. The zero-order chi connectivity index (χ0) is 46.4. The van der Waals surface area contributed by atoms with Gasteiger partial charge < -0.3 is 67.8 Å². The number of unbranched alkanes of at least 4 members (excludes halogenated alkanes) is 2. The van der Waals surface area contributed by atoms with Crippen molar-refractivity contribution >= 4 is 35.6 Å². The Morgan fingerprint density at radius 1 is 0.708 bits per heavy atom. The summed E-state index contributed by atoms with van der Waals surface area (Å²) in [7, 11) is 0. The summed E-state index contributed by atoms with van der Waals surface area (Å²) in [6.07, 6.45) is 12.5. The summed E-state index contributed by atoms with van der Waals surface area (Å²) in [5.74, 6) is 2.99. The monoisotopic (exact) mass is 910 g/mol. The van der Waals surface area contributed by atoms with E-state index in [9.17, 15) is 14.4 Å². The molecule has 2 saturated heterocycles. The maximum atomic E-state index is 14.1. The van der Waals surface area contributed by atoms with Crippen molar-refractivity contribution in [3.63, 3.8) is 0 Å². The van der Waals surface area contributed by atoms with E-state index in [1.165, 1.54) is 4.68 Å². The van der Waals surface area contributed by atoms with E-state index in [0.29, 0.717) is 154 Å². The van der Waals surface area contributed by atoms with Crippen LogP contribution >= 0.6 is 0 Å². The van der Waals surface area contributed by atoms with Crippen molar-refractivity contribution in [3.8, 4) is 12.3 Å². The molecular formula is C40H67N19O6. The highest BCUT2D eigenvalue weighted by Crippen LogP contribution is 2.25. The van der Waals surface area contributed by atoms with Gasteiger partial charge in [0.15, 0.2) is 0 Å². The molecule has 2 aliphatic heterocycles. The number of amides is 3. The van der Waals surface area contributed by atoms with Gasteiger partial charge in [0.1, 0.15) is 18.7 Å². The Hall–Kier alpha value is -5.62. The van der Waals surface area contributed by atoms with Crippen LogP contribution in [0.15, 0.2) is 12.4 Å².